The molecule has 0 radical (unpaired) electrons. The van der Waals surface area contributed by atoms with Crippen LogP contribution in [0.1, 0.15) is 24.8 Å². The summed E-state index contributed by atoms with van der Waals surface area (Å²) in [6.45, 7) is 4.79. The minimum atomic E-state index is 0.345. The van der Waals surface area contributed by atoms with E-state index in [9.17, 15) is 4.79 Å². The minimum absolute atomic E-state index is 0.345. The molecule has 1 aromatic carbocycles. The van der Waals surface area contributed by atoms with Crippen LogP contribution in [0.25, 0.3) is 0 Å². The highest BCUT2D eigenvalue weighted by atomic mass is 35.5. The Hall–Kier alpha value is -1.06. The van der Waals surface area contributed by atoms with Crippen molar-refractivity contribution in [3.63, 3.8) is 0 Å². The average molecular weight is 293 g/mol. The first-order valence-electron chi connectivity index (χ1n) is 7.48. The fourth-order valence-electron chi connectivity index (χ4n) is 2.79. The number of amides is 1. The summed E-state index contributed by atoms with van der Waals surface area (Å²) in [5.74, 6) is 0.733. The molecule has 0 atom stereocenters. The molecule has 1 aliphatic heterocycles. The largest absolute Gasteiger partial charge is 0.341 e. The fraction of sp³-hybridized carbons (Fsp3) is 0.562. The summed E-state index contributed by atoms with van der Waals surface area (Å²) >= 11 is 5.91. The van der Waals surface area contributed by atoms with E-state index in [2.05, 4.69) is 21.9 Å². The molecule has 1 aliphatic carbocycles. The van der Waals surface area contributed by atoms with Gasteiger partial charge in [0.05, 0.1) is 0 Å². The summed E-state index contributed by atoms with van der Waals surface area (Å²) < 4.78 is 0. The molecule has 3 nitrogen and oxygen atoms in total. The molecule has 20 heavy (non-hydrogen) atoms. The lowest BCUT2D eigenvalue weighted by Crippen LogP contribution is -2.35. The maximum Gasteiger partial charge on any atom is 0.225 e. The molecule has 108 valence electrons. The topological polar surface area (TPSA) is 23.6 Å². The Morgan fingerprint density at radius 3 is 2.55 bits per heavy atom. The average Bonchev–Trinajstić information content (AvgIpc) is 3.27. The molecule has 1 saturated carbocycles. The summed E-state index contributed by atoms with van der Waals surface area (Å²) in [5.41, 5.74) is 1.29. The number of halogens is 1. The van der Waals surface area contributed by atoms with E-state index in [0.717, 1.165) is 57.0 Å². The van der Waals surface area contributed by atoms with Crippen LogP contribution >= 0.6 is 11.6 Å². The Morgan fingerprint density at radius 1 is 1.10 bits per heavy atom. The van der Waals surface area contributed by atoms with E-state index in [1.54, 1.807) is 0 Å². The van der Waals surface area contributed by atoms with Crippen LogP contribution in [0, 0.1) is 5.92 Å². The van der Waals surface area contributed by atoms with Crippen molar-refractivity contribution in [2.45, 2.75) is 25.8 Å². The minimum Gasteiger partial charge on any atom is -0.341 e. The van der Waals surface area contributed by atoms with E-state index in [0.29, 0.717) is 11.8 Å². The highest BCUT2D eigenvalue weighted by Gasteiger charge is 2.33. The van der Waals surface area contributed by atoms with Gasteiger partial charge in [-0.2, -0.15) is 0 Å². The summed E-state index contributed by atoms with van der Waals surface area (Å²) in [7, 11) is 0. The maximum absolute atomic E-state index is 12.1. The number of carbonyl (C=O) groups is 1. The highest BCUT2D eigenvalue weighted by molar-refractivity contribution is 6.30. The second-order valence-corrected chi connectivity index (χ2v) is 6.29. The number of rotatable bonds is 3. The monoisotopic (exact) mass is 292 g/mol. The third-order valence-electron chi connectivity index (χ3n) is 4.15. The van der Waals surface area contributed by atoms with Crippen molar-refractivity contribution in [1.82, 2.24) is 9.80 Å². The predicted octanol–water partition coefficient (Wildman–Crippen LogP) is 2.78. The number of nitrogens with zero attached hydrogens (tertiary/aromatic N) is 2. The van der Waals surface area contributed by atoms with E-state index in [1.807, 2.05) is 12.1 Å². The standard InChI is InChI=1S/C16H21ClN2O/c17-15-6-2-13(3-7-15)12-18-8-1-9-19(11-10-18)16(20)14-4-5-14/h2-3,6-7,14H,1,4-5,8-12H2. The van der Waals surface area contributed by atoms with Crippen molar-refractivity contribution in [1.29, 1.82) is 0 Å². The van der Waals surface area contributed by atoms with Crippen molar-refractivity contribution in [2.75, 3.05) is 26.2 Å². The molecule has 0 unspecified atom stereocenters. The maximum atomic E-state index is 12.1. The predicted molar refractivity (Wildman–Crippen MR) is 80.7 cm³/mol. The van der Waals surface area contributed by atoms with Gasteiger partial charge in [0.2, 0.25) is 5.91 Å². The first kappa shape index (κ1) is 13.9. The van der Waals surface area contributed by atoms with Crippen molar-refractivity contribution >= 4 is 17.5 Å². The molecule has 4 heteroatoms. The van der Waals surface area contributed by atoms with Gasteiger partial charge in [0, 0.05) is 43.7 Å². The molecule has 1 amide bonds. The van der Waals surface area contributed by atoms with Crippen LogP contribution in [0.3, 0.4) is 0 Å². The summed E-state index contributed by atoms with van der Waals surface area (Å²) in [6, 6.07) is 8.05. The van der Waals surface area contributed by atoms with Gasteiger partial charge in [-0.25, -0.2) is 0 Å². The smallest absolute Gasteiger partial charge is 0.225 e. The lowest BCUT2D eigenvalue weighted by Gasteiger charge is -2.22. The summed E-state index contributed by atoms with van der Waals surface area (Å²) in [6.07, 6.45) is 3.28. The summed E-state index contributed by atoms with van der Waals surface area (Å²) in [4.78, 5) is 16.6. The van der Waals surface area contributed by atoms with Crippen LogP contribution in [-0.2, 0) is 11.3 Å². The molecule has 0 aromatic heterocycles. The van der Waals surface area contributed by atoms with Gasteiger partial charge in [0.1, 0.15) is 0 Å². The molecule has 0 spiro atoms. The van der Waals surface area contributed by atoms with E-state index in [1.165, 1.54) is 5.56 Å². The van der Waals surface area contributed by atoms with Gasteiger partial charge < -0.3 is 4.90 Å². The van der Waals surface area contributed by atoms with Gasteiger partial charge in [-0.3, -0.25) is 9.69 Å². The molecule has 3 rings (SSSR count). The van der Waals surface area contributed by atoms with Gasteiger partial charge in [-0.15, -0.1) is 0 Å². The lowest BCUT2D eigenvalue weighted by atomic mass is 10.2. The Balaban J connectivity index is 1.54. The number of carbonyl (C=O) groups excluding carboxylic acids is 1. The van der Waals surface area contributed by atoms with Crippen molar-refractivity contribution in [3.8, 4) is 0 Å². The molecule has 2 fully saturated rings. The second kappa shape index (κ2) is 6.15. The quantitative estimate of drug-likeness (QED) is 0.855. The van der Waals surface area contributed by atoms with Crippen molar-refractivity contribution < 1.29 is 4.79 Å². The van der Waals surface area contributed by atoms with Crippen LogP contribution in [0.15, 0.2) is 24.3 Å². The Labute approximate surface area is 125 Å². The Morgan fingerprint density at radius 2 is 1.85 bits per heavy atom. The van der Waals surface area contributed by atoms with Gasteiger partial charge in [-0.05, 0) is 37.0 Å². The Bertz CT molecular complexity index is 470. The zero-order valence-electron chi connectivity index (χ0n) is 11.7. The van der Waals surface area contributed by atoms with Gasteiger partial charge in [0.15, 0.2) is 0 Å². The van der Waals surface area contributed by atoms with Crippen molar-refractivity contribution in [3.05, 3.63) is 34.9 Å². The zero-order chi connectivity index (χ0) is 13.9. The van der Waals surface area contributed by atoms with Crippen LogP contribution in [0.5, 0.6) is 0 Å². The third-order valence-corrected chi connectivity index (χ3v) is 4.40. The first-order chi connectivity index (χ1) is 9.72. The fourth-order valence-corrected chi connectivity index (χ4v) is 2.91. The highest BCUT2D eigenvalue weighted by Crippen LogP contribution is 2.31. The number of hydrogen-bond donors (Lipinski definition) is 0. The molecule has 2 aliphatic rings. The molecular weight excluding hydrogens is 272 g/mol. The first-order valence-corrected chi connectivity index (χ1v) is 7.86. The lowest BCUT2D eigenvalue weighted by molar-refractivity contribution is -0.132. The van der Waals surface area contributed by atoms with Crippen LogP contribution in [0.4, 0.5) is 0 Å². The molecular formula is C16H21ClN2O. The van der Waals surface area contributed by atoms with Crippen molar-refractivity contribution in [2.24, 2.45) is 5.92 Å². The molecule has 1 heterocycles. The zero-order valence-corrected chi connectivity index (χ0v) is 12.5. The van der Waals surface area contributed by atoms with Gasteiger partial charge in [0.25, 0.3) is 0 Å². The molecule has 0 N–H and O–H groups in total. The van der Waals surface area contributed by atoms with E-state index >= 15 is 0 Å². The molecule has 0 bridgehead atoms. The SMILES string of the molecule is O=C(C1CC1)N1CCCN(Cc2ccc(Cl)cc2)CC1. The summed E-state index contributed by atoms with van der Waals surface area (Å²) in [5, 5.41) is 0.783. The van der Waals surface area contributed by atoms with E-state index in [4.69, 9.17) is 11.6 Å². The van der Waals surface area contributed by atoms with Crippen LogP contribution in [-0.4, -0.2) is 41.9 Å². The van der Waals surface area contributed by atoms with Gasteiger partial charge in [-0.1, -0.05) is 23.7 Å². The second-order valence-electron chi connectivity index (χ2n) is 5.86. The van der Waals surface area contributed by atoms with Crippen LogP contribution < -0.4 is 0 Å². The van der Waals surface area contributed by atoms with Gasteiger partial charge >= 0.3 is 0 Å². The number of hydrogen-bond acceptors (Lipinski definition) is 2. The molecule has 1 aromatic rings. The molecule has 1 saturated heterocycles. The van der Waals surface area contributed by atoms with Crippen LogP contribution in [0.2, 0.25) is 5.02 Å². The van der Waals surface area contributed by atoms with E-state index < -0.39 is 0 Å². The normalized spacial score (nSPS) is 20.8. The Kier molecular flexibility index (Phi) is 4.27. The van der Waals surface area contributed by atoms with E-state index in [-0.39, 0.29) is 0 Å². The third kappa shape index (κ3) is 3.53. The number of benzene rings is 1.